The minimum atomic E-state index is -1.05. The molecule has 0 bridgehead atoms. The van der Waals surface area contributed by atoms with Crippen molar-refractivity contribution >= 4 is 41.0 Å². The van der Waals surface area contributed by atoms with Gasteiger partial charge in [-0.2, -0.15) is 0 Å². The van der Waals surface area contributed by atoms with Crippen molar-refractivity contribution in [2.75, 3.05) is 12.4 Å². The summed E-state index contributed by atoms with van der Waals surface area (Å²) < 4.78 is 4.64. The van der Waals surface area contributed by atoms with Crippen LogP contribution in [0.1, 0.15) is 38.0 Å². The molecule has 7 nitrogen and oxygen atoms in total. The number of fused-ring (bicyclic) bond motifs is 1. The van der Waals surface area contributed by atoms with Gasteiger partial charge in [0, 0.05) is 5.69 Å². The molecule has 27 heavy (non-hydrogen) atoms. The van der Waals surface area contributed by atoms with Crippen molar-refractivity contribution in [1.82, 2.24) is 4.90 Å². The molecule has 0 saturated carbocycles. The largest absolute Gasteiger partial charge is 0.465 e. The van der Waals surface area contributed by atoms with Gasteiger partial charge in [0.2, 0.25) is 5.91 Å². The van der Waals surface area contributed by atoms with Crippen LogP contribution in [-0.4, -0.2) is 41.7 Å². The molecule has 138 valence electrons. The smallest absolute Gasteiger partial charge is 0.339 e. The van der Waals surface area contributed by atoms with Crippen molar-refractivity contribution in [3.63, 3.8) is 0 Å². The van der Waals surface area contributed by atoms with Gasteiger partial charge < -0.3 is 10.1 Å². The van der Waals surface area contributed by atoms with Gasteiger partial charge in [-0.1, -0.05) is 23.7 Å². The Hall–Kier alpha value is -3.19. The van der Waals surface area contributed by atoms with Crippen molar-refractivity contribution in [2.45, 2.75) is 13.0 Å². The van der Waals surface area contributed by atoms with Crippen LogP contribution < -0.4 is 5.32 Å². The highest BCUT2D eigenvalue weighted by Crippen LogP contribution is 2.26. The summed E-state index contributed by atoms with van der Waals surface area (Å²) in [5.74, 6) is -2.28. The number of benzene rings is 2. The van der Waals surface area contributed by atoms with Crippen molar-refractivity contribution < 1.29 is 23.9 Å². The van der Waals surface area contributed by atoms with E-state index in [1.165, 1.54) is 32.2 Å². The van der Waals surface area contributed by atoms with Crippen molar-refractivity contribution in [2.24, 2.45) is 0 Å². The van der Waals surface area contributed by atoms with Crippen LogP contribution in [0.2, 0.25) is 5.02 Å². The highest BCUT2D eigenvalue weighted by atomic mass is 35.5. The van der Waals surface area contributed by atoms with Crippen molar-refractivity contribution in [3.05, 3.63) is 64.2 Å². The zero-order valence-corrected chi connectivity index (χ0v) is 15.2. The second-order valence-electron chi connectivity index (χ2n) is 5.88. The zero-order chi connectivity index (χ0) is 19.7. The number of amides is 3. The van der Waals surface area contributed by atoms with E-state index < -0.39 is 29.7 Å². The fraction of sp³-hybridized carbons (Fsp3) is 0.158. The number of imide groups is 1. The molecule has 3 rings (SSSR count). The number of methoxy groups -OCH3 is 1. The van der Waals surface area contributed by atoms with Gasteiger partial charge in [-0.3, -0.25) is 19.3 Å². The third kappa shape index (κ3) is 3.29. The summed E-state index contributed by atoms with van der Waals surface area (Å²) in [4.78, 5) is 50.2. The molecule has 1 aliphatic rings. The highest BCUT2D eigenvalue weighted by Gasteiger charge is 2.40. The van der Waals surface area contributed by atoms with E-state index in [1.54, 1.807) is 24.3 Å². The van der Waals surface area contributed by atoms with E-state index in [1.807, 2.05) is 0 Å². The molecule has 0 spiro atoms. The lowest BCUT2D eigenvalue weighted by atomic mass is 10.1. The Labute approximate surface area is 159 Å². The fourth-order valence-corrected chi connectivity index (χ4v) is 2.99. The van der Waals surface area contributed by atoms with Crippen molar-refractivity contribution in [3.8, 4) is 0 Å². The number of hydrogen-bond acceptors (Lipinski definition) is 5. The Morgan fingerprint density at radius 1 is 1.07 bits per heavy atom. The number of hydrogen-bond donors (Lipinski definition) is 1. The predicted octanol–water partition coefficient (Wildman–Crippen LogP) is 2.75. The zero-order valence-electron chi connectivity index (χ0n) is 14.5. The van der Waals surface area contributed by atoms with Crippen LogP contribution in [0.5, 0.6) is 0 Å². The van der Waals surface area contributed by atoms with Gasteiger partial charge in [0.15, 0.2) is 0 Å². The van der Waals surface area contributed by atoms with E-state index >= 15 is 0 Å². The van der Waals surface area contributed by atoms with Gasteiger partial charge >= 0.3 is 5.97 Å². The van der Waals surface area contributed by atoms with Crippen LogP contribution in [-0.2, 0) is 9.53 Å². The number of esters is 1. The fourth-order valence-electron chi connectivity index (χ4n) is 2.79. The van der Waals surface area contributed by atoms with Gasteiger partial charge in [0.1, 0.15) is 6.04 Å². The van der Waals surface area contributed by atoms with Gasteiger partial charge in [-0.25, -0.2) is 4.79 Å². The molecule has 1 atom stereocenters. The lowest BCUT2D eigenvalue weighted by Crippen LogP contribution is -2.45. The summed E-state index contributed by atoms with van der Waals surface area (Å²) in [6.07, 6.45) is 0. The highest BCUT2D eigenvalue weighted by molar-refractivity contribution is 6.33. The van der Waals surface area contributed by atoms with E-state index in [2.05, 4.69) is 10.1 Å². The van der Waals surface area contributed by atoms with E-state index in [0.29, 0.717) is 0 Å². The van der Waals surface area contributed by atoms with Gasteiger partial charge in [-0.05, 0) is 37.3 Å². The molecule has 0 aromatic heterocycles. The molecular weight excluding hydrogens is 372 g/mol. The van der Waals surface area contributed by atoms with Crippen LogP contribution in [0.4, 0.5) is 5.69 Å². The Balaban J connectivity index is 1.81. The van der Waals surface area contributed by atoms with Crippen molar-refractivity contribution in [1.29, 1.82) is 0 Å². The molecule has 3 amide bonds. The summed E-state index contributed by atoms with van der Waals surface area (Å²) in [5.41, 5.74) is 0.904. The van der Waals surface area contributed by atoms with Gasteiger partial charge in [-0.15, -0.1) is 0 Å². The first-order valence-corrected chi connectivity index (χ1v) is 8.38. The standard InChI is InChI=1S/C19H15ClN2O5/c1-10(22-17(24)12-5-3-4-6-13(12)18(22)25)16(23)21-11-7-8-15(20)14(9-11)19(26)27-2/h3-10H,1-2H3,(H,21,23). The summed E-state index contributed by atoms with van der Waals surface area (Å²) in [6, 6.07) is 9.65. The molecule has 1 aliphatic heterocycles. The molecule has 1 unspecified atom stereocenters. The number of nitrogens with one attached hydrogen (secondary N) is 1. The Morgan fingerprint density at radius 2 is 1.67 bits per heavy atom. The maximum Gasteiger partial charge on any atom is 0.339 e. The maximum absolute atomic E-state index is 12.6. The maximum atomic E-state index is 12.6. The lowest BCUT2D eigenvalue weighted by Gasteiger charge is -2.21. The Bertz CT molecular complexity index is 937. The average Bonchev–Trinajstić information content (AvgIpc) is 2.93. The first-order chi connectivity index (χ1) is 12.8. The molecule has 2 aromatic rings. The summed E-state index contributed by atoms with van der Waals surface area (Å²) in [7, 11) is 1.22. The topological polar surface area (TPSA) is 92.8 Å². The Kier molecular flexibility index (Phi) is 4.96. The molecule has 0 saturated heterocycles. The second-order valence-corrected chi connectivity index (χ2v) is 6.28. The molecule has 1 heterocycles. The number of carbonyl (C=O) groups is 4. The third-order valence-corrected chi connectivity index (χ3v) is 4.56. The average molecular weight is 387 g/mol. The first-order valence-electron chi connectivity index (χ1n) is 8.00. The van der Waals surface area contributed by atoms with Gasteiger partial charge in [0.05, 0.1) is 28.8 Å². The van der Waals surface area contributed by atoms with Crippen LogP contribution in [0.15, 0.2) is 42.5 Å². The number of rotatable bonds is 4. The van der Waals surface area contributed by atoms with E-state index in [0.717, 1.165) is 4.90 Å². The molecule has 8 heteroatoms. The third-order valence-electron chi connectivity index (χ3n) is 4.23. The molecule has 1 N–H and O–H groups in total. The lowest BCUT2D eigenvalue weighted by molar-refractivity contribution is -0.119. The van der Waals surface area contributed by atoms with Crippen LogP contribution >= 0.6 is 11.6 Å². The molecule has 0 fully saturated rings. The summed E-state index contributed by atoms with van der Waals surface area (Å²) >= 11 is 5.95. The number of anilines is 1. The first kappa shape index (κ1) is 18.6. The second kappa shape index (κ2) is 7.20. The molecule has 2 aromatic carbocycles. The minimum absolute atomic E-state index is 0.0883. The molecule has 0 radical (unpaired) electrons. The van der Waals surface area contributed by atoms with E-state index in [4.69, 9.17) is 11.6 Å². The van der Waals surface area contributed by atoms with Gasteiger partial charge in [0.25, 0.3) is 11.8 Å². The predicted molar refractivity (Wildman–Crippen MR) is 97.8 cm³/mol. The SMILES string of the molecule is COC(=O)c1cc(NC(=O)C(C)N2C(=O)c3ccccc3C2=O)ccc1Cl. The van der Waals surface area contributed by atoms with Crippen LogP contribution in [0.25, 0.3) is 0 Å². The molecular formula is C19H15ClN2O5. The normalized spacial score (nSPS) is 14.0. The molecule has 0 aliphatic carbocycles. The number of halogens is 1. The van der Waals surface area contributed by atoms with Crippen LogP contribution in [0.3, 0.4) is 0 Å². The van der Waals surface area contributed by atoms with E-state index in [9.17, 15) is 19.2 Å². The summed E-state index contributed by atoms with van der Waals surface area (Å²) in [5, 5.41) is 2.76. The number of nitrogens with zero attached hydrogens (tertiary/aromatic N) is 1. The number of ether oxygens (including phenoxy) is 1. The Morgan fingerprint density at radius 3 is 2.22 bits per heavy atom. The van der Waals surface area contributed by atoms with E-state index in [-0.39, 0.29) is 27.4 Å². The summed E-state index contributed by atoms with van der Waals surface area (Å²) in [6.45, 7) is 1.45. The quantitative estimate of drug-likeness (QED) is 0.644. The number of carbonyl (C=O) groups excluding carboxylic acids is 4. The monoisotopic (exact) mass is 386 g/mol. The van der Waals surface area contributed by atoms with Crippen LogP contribution in [0, 0.1) is 0 Å². The minimum Gasteiger partial charge on any atom is -0.465 e.